The predicted octanol–water partition coefficient (Wildman–Crippen LogP) is 2.08. The standard InChI is InChI=1S/C12H13N5S/c1-17-8-14-16-11(17)6-7-13-12-15-9-4-2-3-5-10(9)18-12/h2-5,8H,6-7H2,1H3,(H,13,15). The maximum atomic E-state index is 4.52. The van der Waals surface area contributed by atoms with Crippen molar-refractivity contribution in [2.45, 2.75) is 6.42 Å². The average Bonchev–Trinajstić information content (AvgIpc) is 2.96. The summed E-state index contributed by atoms with van der Waals surface area (Å²) in [5.74, 6) is 0.976. The van der Waals surface area contributed by atoms with Crippen LogP contribution in [0.2, 0.25) is 0 Å². The SMILES string of the molecule is Cn1cnnc1CCNc1nc2ccccc2s1. The lowest BCUT2D eigenvalue weighted by Gasteiger charge is -2.01. The van der Waals surface area contributed by atoms with Crippen molar-refractivity contribution < 1.29 is 0 Å². The molecular weight excluding hydrogens is 246 g/mol. The smallest absolute Gasteiger partial charge is 0.183 e. The summed E-state index contributed by atoms with van der Waals surface area (Å²) in [6.45, 7) is 0.812. The van der Waals surface area contributed by atoms with Gasteiger partial charge in [0.2, 0.25) is 0 Å². The molecule has 0 aliphatic rings. The van der Waals surface area contributed by atoms with Gasteiger partial charge in [-0.05, 0) is 12.1 Å². The largest absolute Gasteiger partial charge is 0.361 e. The van der Waals surface area contributed by atoms with Crippen molar-refractivity contribution in [3.05, 3.63) is 36.4 Å². The number of thiazole rings is 1. The third kappa shape index (κ3) is 2.19. The van der Waals surface area contributed by atoms with Crippen LogP contribution >= 0.6 is 11.3 Å². The second kappa shape index (κ2) is 4.73. The topological polar surface area (TPSA) is 55.6 Å². The van der Waals surface area contributed by atoms with Crippen molar-refractivity contribution in [2.24, 2.45) is 7.05 Å². The highest BCUT2D eigenvalue weighted by Gasteiger charge is 2.03. The molecule has 0 spiro atoms. The molecule has 5 nitrogen and oxygen atoms in total. The lowest BCUT2D eigenvalue weighted by molar-refractivity contribution is 0.788. The van der Waals surface area contributed by atoms with Crippen molar-refractivity contribution in [3.63, 3.8) is 0 Å². The van der Waals surface area contributed by atoms with E-state index in [2.05, 4.69) is 26.6 Å². The molecule has 1 aromatic carbocycles. The maximum Gasteiger partial charge on any atom is 0.183 e. The Balaban J connectivity index is 1.65. The number of fused-ring (bicyclic) bond motifs is 1. The highest BCUT2D eigenvalue weighted by Crippen LogP contribution is 2.25. The molecule has 1 N–H and O–H groups in total. The summed E-state index contributed by atoms with van der Waals surface area (Å²) in [6, 6.07) is 8.15. The number of aromatic nitrogens is 4. The molecule has 0 aliphatic carbocycles. The molecule has 3 rings (SSSR count). The van der Waals surface area contributed by atoms with Gasteiger partial charge in [-0.1, -0.05) is 23.5 Å². The number of hydrogen-bond donors (Lipinski definition) is 1. The highest BCUT2D eigenvalue weighted by atomic mass is 32.1. The zero-order valence-electron chi connectivity index (χ0n) is 10.00. The number of rotatable bonds is 4. The number of benzene rings is 1. The minimum atomic E-state index is 0.812. The summed E-state index contributed by atoms with van der Waals surface area (Å²) >= 11 is 1.67. The van der Waals surface area contributed by atoms with E-state index in [0.717, 1.165) is 29.4 Å². The van der Waals surface area contributed by atoms with E-state index in [1.54, 1.807) is 17.7 Å². The Morgan fingerprint density at radius 1 is 1.33 bits per heavy atom. The Morgan fingerprint density at radius 2 is 2.22 bits per heavy atom. The number of anilines is 1. The van der Waals surface area contributed by atoms with E-state index in [0.29, 0.717) is 0 Å². The Hall–Kier alpha value is -1.95. The van der Waals surface area contributed by atoms with Gasteiger partial charge in [0.15, 0.2) is 5.13 Å². The molecule has 92 valence electrons. The molecule has 0 radical (unpaired) electrons. The molecule has 0 amide bonds. The second-order valence-electron chi connectivity index (χ2n) is 4.02. The average molecular weight is 259 g/mol. The highest BCUT2D eigenvalue weighted by molar-refractivity contribution is 7.22. The summed E-state index contributed by atoms with van der Waals surface area (Å²) < 4.78 is 3.14. The van der Waals surface area contributed by atoms with Gasteiger partial charge in [0.05, 0.1) is 10.2 Å². The molecule has 0 aliphatic heterocycles. The molecule has 0 fully saturated rings. The number of para-hydroxylation sites is 1. The summed E-state index contributed by atoms with van der Waals surface area (Å²) in [5, 5.41) is 12.2. The van der Waals surface area contributed by atoms with Crippen LogP contribution in [0.5, 0.6) is 0 Å². The van der Waals surface area contributed by atoms with Crippen LogP contribution in [-0.2, 0) is 13.5 Å². The fraction of sp³-hybridized carbons (Fsp3) is 0.250. The van der Waals surface area contributed by atoms with Crippen LogP contribution in [0.25, 0.3) is 10.2 Å². The third-order valence-electron chi connectivity index (χ3n) is 2.72. The molecule has 2 aromatic heterocycles. The fourth-order valence-electron chi connectivity index (χ4n) is 1.76. The molecule has 0 unspecified atom stereocenters. The van der Waals surface area contributed by atoms with Crippen LogP contribution < -0.4 is 5.32 Å². The Morgan fingerprint density at radius 3 is 3.00 bits per heavy atom. The lowest BCUT2D eigenvalue weighted by atomic mass is 10.3. The van der Waals surface area contributed by atoms with Gasteiger partial charge in [0.25, 0.3) is 0 Å². The molecule has 0 saturated heterocycles. The molecule has 0 saturated carbocycles. The predicted molar refractivity (Wildman–Crippen MR) is 72.8 cm³/mol. The van der Waals surface area contributed by atoms with Crippen molar-refractivity contribution >= 4 is 26.7 Å². The first-order chi connectivity index (χ1) is 8.83. The molecule has 0 atom stereocenters. The Labute approximate surface area is 109 Å². The summed E-state index contributed by atoms with van der Waals surface area (Å²) in [6.07, 6.45) is 2.56. The first-order valence-electron chi connectivity index (χ1n) is 5.75. The fourth-order valence-corrected chi connectivity index (χ4v) is 2.65. The van der Waals surface area contributed by atoms with Gasteiger partial charge in [0.1, 0.15) is 12.2 Å². The lowest BCUT2D eigenvalue weighted by Crippen LogP contribution is -2.08. The molecule has 0 bridgehead atoms. The normalized spacial score (nSPS) is 10.9. The van der Waals surface area contributed by atoms with E-state index in [4.69, 9.17) is 0 Å². The van der Waals surface area contributed by atoms with Gasteiger partial charge < -0.3 is 9.88 Å². The van der Waals surface area contributed by atoms with Gasteiger partial charge in [-0.3, -0.25) is 0 Å². The van der Waals surface area contributed by atoms with Crippen LogP contribution in [0, 0.1) is 0 Å². The van der Waals surface area contributed by atoms with E-state index >= 15 is 0 Å². The van der Waals surface area contributed by atoms with E-state index in [1.807, 2.05) is 29.8 Å². The van der Waals surface area contributed by atoms with Crippen molar-refractivity contribution in [1.82, 2.24) is 19.7 Å². The van der Waals surface area contributed by atoms with Crippen molar-refractivity contribution in [3.8, 4) is 0 Å². The van der Waals surface area contributed by atoms with Crippen LogP contribution in [0.4, 0.5) is 5.13 Å². The number of hydrogen-bond acceptors (Lipinski definition) is 5. The maximum absolute atomic E-state index is 4.52. The van der Waals surface area contributed by atoms with Crippen molar-refractivity contribution in [2.75, 3.05) is 11.9 Å². The number of nitrogens with one attached hydrogen (secondary N) is 1. The molecule has 18 heavy (non-hydrogen) atoms. The monoisotopic (exact) mass is 259 g/mol. The quantitative estimate of drug-likeness (QED) is 0.779. The van der Waals surface area contributed by atoms with Crippen LogP contribution in [-0.4, -0.2) is 26.3 Å². The first-order valence-corrected chi connectivity index (χ1v) is 6.57. The van der Waals surface area contributed by atoms with Gasteiger partial charge in [-0.25, -0.2) is 4.98 Å². The number of nitrogens with zero attached hydrogens (tertiary/aromatic N) is 4. The Kier molecular flexibility index (Phi) is 2.93. The van der Waals surface area contributed by atoms with E-state index < -0.39 is 0 Å². The molecule has 3 aromatic rings. The molecule has 6 heteroatoms. The second-order valence-corrected chi connectivity index (χ2v) is 5.05. The van der Waals surface area contributed by atoms with Gasteiger partial charge >= 0.3 is 0 Å². The van der Waals surface area contributed by atoms with Gasteiger partial charge in [0, 0.05) is 20.0 Å². The van der Waals surface area contributed by atoms with Gasteiger partial charge in [-0.2, -0.15) is 0 Å². The zero-order valence-corrected chi connectivity index (χ0v) is 10.8. The van der Waals surface area contributed by atoms with Crippen LogP contribution in [0.3, 0.4) is 0 Å². The summed E-state index contributed by atoms with van der Waals surface area (Å²) in [4.78, 5) is 4.52. The van der Waals surface area contributed by atoms with Crippen LogP contribution in [0.1, 0.15) is 5.82 Å². The molecule has 2 heterocycles. The van der Waals surface area contributed by atoms with E-state index in [-0.39, 0.29) is 0 Å². The third-order valence-corrected chi connectivity index (χ3v) is 3.72. The minimum Gasteiger partial charge on any atom is -0.361 e. The summed E-state index contributed by atoms with van der Waals surface area (Å²) in [7, 11) is 1.95. The number of aryl methyl sites for hydroxylation is 1. The van der Waals surface area contributed by atoms with E-state index in [1.165, 1.54) is 4.70 Å². The first kappa shape index (κ1) is 11.2. The molecular formula is C12H13N5S. The van der Waals surface area contributed by atoms with E-state index in [9.17, 15) is 0 Å². The van der Waals surface area contributed by atoms with Crippen molar-refractivity contribution in [1.29, 1.82) is 0 Å². The minimum absolute atomic E-state index is 0.812. The Bertz CT molecular complexity index is 624. The van der Waals surface area contributed by atoms with Gasteiger partial charge in [-0.15, -0.1) is 10.2 Å². The van der Waals surface area contributed by atoms with Crippen LogP contribution in [0.15, 0.2) is 30.6 Å². The summed E-state index contributed by atoms with van der Waals surface area (Å²) in [5.41, 5.74) is 1.05. The zero-order chi connectivity index (χ0) is 12.4.